The second kappa shape index (κ2) is 8.64. The number of carbonyl (C=O) groups is 1. The fraction of sp³-hybridized carbons (Fsp3) is 0.400. The maximum atomic E-state index is 13.0. The number of hydrogen-bond acceptors (Lipinski definition) is 3. The van der Waals surface area contributed by atoms with Gasteiger partial charge in [0.15, 0.2) is 0 Å². The van der Waals surface area contributed by atoms with E-state index in [1.54, 1.807) is 24.2 Å². The molecule has 0 aliphatic carbocycles. The lowest BCUT2D eigenvalue weighted by atomic mass is 9.96. The number of aromatic nitrogens is 1. The van der Waals surface area contributed by atoms with Gasteiger partial charge in [-0.15, -0.1) is 11.8 Å². The van der Waals surface area contributed by atoms with Gasteiger partial charge in [-0.3, -0.25) is 9.78 Å². The Bertz CT molecular complexity index is 769. The van der Waals surface area contributed by atoms with Crippen LogP contribution in [0.1, 0.15) is 49.0 Å². The van der Waals surface area contributed by atoms with E-state index >= 15 is 0 Å². The standard InChI is InChI=1S/C20H22Cl2N2OS/c1-13-5-3-6-14(2)24(13)20(25)16-9-15(10-23-11-16)12-26-19-17(21)7-4-8-18(19)22/h4,7-11,13-14H,3,5-6,12H2,1-2H3/t13-,14+. The molecule has 1 aromatic carbocycles. The van der Waals surface area contributed by atoms with Crippen LogP contribution in [0.15, 0.2) is 41.6 Å². The minimum atomic E-state index is 0.0693. The van der Waals surface area contributed by atoms with Crippen LogP contribution in [0.2, 0.25) is 10.0 Å². The smallest absolute Gasteiger partial charge is 0.255 e. The maximum Gasteiger partial charge on any atom is 0.255 e. The van der Waals surface area contributed by atoms with E-state index in [-0.39, 0.29) is 18.0 Å². The quantitative estimate of drug-likeness (QED) is 0.574. The zero-order valence-corrected chi connectivity index (χ0v) is 17.2. The van der Waals surface area contributed by atoms with Crippen LogP contribution >= 0.6 is 35.0 Å². The Kier molecular flexibility index (Phi) is 6.49. The van der Waals surface area contributed by atoms with Gasteiger partial charge in [-0.2, -0.15) is 0 Å². The monoisotopic (exact) mass is 408 g/mol. The van der Waals surface area contributed by atoms with Gasteiger partial charge in [0, 0.05) is 35.1 Å². The molecule has 2 atom stereocenters. The van der Waals surface area contributed by atoms with Crippen molar-refractivity contribution in [3.05, 3.63) is 57.8 Å². The SMILES string of the molecule is C[C@@H]1CCC[C@H](C)N1C(=O)c1cncc(CSc2c(Cl)cccc2Cl)c1. The highest BCUT2D eigenvalue weighted by Crippen LogP contribution is 2.35. The van der Waals surface area contributed by atoms with E-state index in [4.69, 9.17) is 23.2 Å². The predicted octanol–water partition coefficient (Wildman–Crippen LogP) is 6.08. The molecule has 0 unspecified atom stereocenters. The normalized spacial score (nSPS) is 20.2. The molecular weight excluding hydrogens is 387 g/mol. The molecule has 2 heterocycles. The Labute approximate surface area is 169 Å². The maximum absolute atomic E-state index is 13.0. The highest BCUT2D eigenvalue weighted by Gasteiger charge is 2.29. The molecule has 1 fully saturated rings. The van der Waals surface area contributed by atoms with Gasteiger partial charge in [-0.05, 0) is 56.9 Å². The first-order valence-corrected chi connectivity index (χ1v) is 10.5. The minimum Gasteiger partial charge on any atom is -0.333 e. The van der Waals surface area contributed by atoms with Crippen molar-refractivity contribution in [2.24, 2.45) is 0 Å². The first kappa shape index (κ1) is 19.5. The number of benzene rings is 1. The Morgan fingerprint density at radius 1 is 1.19 bits per heavy atom. The molecule has 0 bridgehead atoms. The first-order valence-electron chi connectivity index (χ1n) is 8.80. The van der Waals surface area contributed by atoms with Crippen LogP contribution in [-0.2, 0) is 5.75 Å². The van der Waals surface area contributed by atoms with Crippen LogP contribution in [0.25, 0.3) is 0 Å². The van der Waals surface area contributed by atoms with Gasteiger partial charge in [0.25, 0.3) is 5.91 Å². The molecule has 1 amide bonds. The van der Waals surface area contributed by atoms with Gasteiger partial charge in [0.2, 0.25) is 0 Å². The van der Waals surface area contributed by atoms with Crippen molar-refractivity contribution in [3.8, 4) is 0 Å². The molecule has 0 radical (unpaired) electrons. The van der Waals surface area contributed by atoms with Crippen molar-refractivity contribution in [1.29, 1.82) is 0 Å². The molecule has 1 aliphatic rings. The Morgan fingerprint density at radius 2 is 1.85 bits per heavy atom. The lowest BCUT2D eigenvalue weighted by Gasteiger charge is -2.39. The number of hydrogen-bond donors (Lipinski definition) is 0. The number of thioether (sulfide) groups is 1. The molecule has 138 valence electrons. The molecule has 0 spiro atoms. The summed E-state index contributed by atoms with van der Waals surface area (Å²) in [6.45, 7) is 4.25. The molecule has 2 aromatic rings. The van der Waals surface area contributed by atoms with Gasteiger partial charge in [0.1, 0.15) is 0 Å². The molecule has 26 heavy (non-hydrogen) atoms. The molecule has 1 aliphatic heterocycles. The average molecular weight is 409 g/mol. The van der Waals surface area contributed by atoms with Gasteiger partial charge < -0.3 is 4.90 Å². The number of carbonyl (C=O) groups excluding carboxylic acids is 1. The molecule has 3 rings (SSSR count). The molecule has 1 aromatic heterocycles. The number of amides is 1. The summed E-state index contributed by atoms with van der Waals surface area (Å²) in [5, 5.41) is 1.28. The van der Waals surface area contributed by atoms with Crippen LogP contribution in [0.5, 0.6) is 0 Å². The summed E-state index contributed by atoms with van der Waals surface area (Å²) in [4.78, 5) is 20.1. The largest absolute Gasteiger partial charge is 0.333 e. The van der Waals surface area contributed by atoms with E-state index in [0.717, 1.165) is 23.3 Å². The molecule has 0 saturated carbocycles. The Morgan fingerprint density at radius 3 is 2.50 bits per heavy atom. The topological polar surface area (TPSA) is 33.2 Å². The molecule has 6 heteroatoms. The highest BCUT2D eigenvalue weighted by atomic mass is 35.5. The third kappa shape index (κ3) is 4.36. The van der Waals surface area contributed by atoms with E-state index in [1.807, 2.05) is 29.2 Å². The zero-order chi connectivity index (χ0) is 18.7. The summed E-state index contributed by atoms with van der Waals surface area (Å²) in [5.74, 6) is 0.725. The van der Waals surface area contributed by atoms with E-state index in [2.05, 4.69) is 18.8 Å². The van der Waals surface area contributed by atoms with Crippen molar-refractivity contribution in [1.82, 2.24) is 9.88 Å². The van der Waals surface area contributed by atoms with Crippen LogP contribution in [-0.4, -0.2) is 27.9 Å². The van der Waals surface area contributed by atoms with Crippen molar-refractivity contribution in [2.75, 3.05) is 0 Å². The first-order chi connectivity index (χ1) is 12.5. The number of rotatable bonds is 4. The van der Waals surface area contributed by atoms with Crippen LogP contribution in [0.4, 0.5) is 0 Å². The summed E-state index contributed by atoms with van der Waals surface area (Å²) in [6.07, 6.45) is 6.75. The van der Waals surface area contributed by atoms with Gasteiger partial charge in [-0.1, -0.05) is 29.3 Å². The minimum absolute atomic E-state index is 0.0693. The fourth-order valence-corrected chi connectivity index (χ4v) is 5.04. The number of nitrogens with zero attached hydrogens (tertiary/aromatic N) is 2. The van der Waals surface area contributed by atoms with Crippen LogP contribution in [0, 0.1) is 0 Å². The average Bonchev–Trinajstić information content (AvgIpc) is 2.61. The van der Waals surface area contributed by atoms with Gasteiger partial charge in [-0.25, -0.2) is 0 Å². The number of pyridine rings is 1. The highest BCUT2D eigenvalue weighted by molar-refractivity contribution is 7.98. The summed E-state index contributed by atoms with van der Waals surface area (Å²) < 4.78 is 0. The van der Waals surface area contributed by atoms with Gasteiger partial charge >= 0.3 is 0 Å². The predicted molar refractivity (Wildman–Crippen MR) is 109 cm³/mol. The van der Waals surface area contributed by atoms with E-state index in [1.165, 1.54) is 6.42 Å². The van der Waals surface area contributed by atoms with Crippen molar-refractivity contribution < 1.29 is 4.79 Å². The molecule has 0 N–H and O–H groups in total. The summed E-state index contributed by atoms with van der Waals surface area (Å²) in [6, 6.07) is 7.95. The van der Waals surface area contributed by atoms with Crippen molar-refractivity contribution in [3.63, 3.8) is 0 Å². The van der Waals surface area contributed by atoms with E-state index < -0.39 is 0 Å². The fourth-order valence-electron chi connectivity index (χ4n) is 3.43. The zero-order valence-electron chi connectivity index (χ0n) is 14.9. The summed E-state index contributed by atoms with van der Waals surface area (Å²) in [5.41, 5.74) is 1.63. The number of piperidine rings is 1. The Hall–Kier alpha value is -1.23. The number of halogens is 2. The lowest BCUT2D eigenvalue weighted by Crippen LogP contribution is -2.47. The molecular formula is C20H22Cl2N2OS. The van der Waals surface area contributed by atoms with E-state index in [0.29, 0.717) is 21.4 Å². The lowest BCUT2D eigenvalue weighted by molar-refractivity contribution is 0.0510. The third-order valence-electron chi connectivity index (χ3n) is 4.77. The second-order valence-corrected chi connectivity index (χ2v) is 8.56. The third-order valence-corrected chi connectivity index (χ3v) is 6.83. The molecule has 1 saturated heterocycles. The summed E-state index contributed by atoms with van der Waals surface area (Å²) >= 11 is 14.0. The van der Waals surface area contributed by atoms with Crippen LogP contribution < -0.4 is 0 Å². The van der Waals surface area contributed by atoms with E-state index in [9.17, 15) is 4.79 Å². The summed E-state index contributed by atoms with van der Waals surface area (Å²) in [7, 11) is 0. The number of likely N-dealkylation sites (tertiary alicyclic amines) is 1. The Balaban J connectivity index is 1.75. The van der Waals surface area contributed by atoms with Gasteiger partial charge in [0.05, 0.1) is 15.6 Å². The van der Waals surface area contributed by atoms with Crippen LogP contribution in [0.3, 0.4) is 0 Å². The van der Waals surface area contributed by atoms with Crippen molar-refractivity contribution >= 4 is 40.9 Å². The molecule has 3 nitrogen and oxygen atoms in total. The second-order valence-electron chi connectivity index (χ2n) is 6.76. The van der Waals surface area contributed by atoms with Crippen molar-refractivity contribution in [2.45, 2.75) is 55.8 Å².